The quantitative estimate of drug-likeness (QED) is 0.462. The Balaban J connectivity index is 2.02. The highest BCUT2D eigenvalue weighted by Crippen LogP contribution is 2.17. The second-order valence-corrected chi connectivity index (χ2v) is 5.49. The fourth-order valence-corrected chi connectivity index (χ4v) is 2.13. The van der Waals surface area contributed by atoms with Gasteiger partial charge in [0.15, 0.2) is 6.29 Å². The Labute approximate surface area is 113 Å². The van der Waals surface area contributed by atoms with Crippen LogP contribution < -0.4 is 0 Å². The average Bonchev–Trinajstić information content (AvgIpc) is 2.39. The average molecular weight is 254 g/mol. The number of rotatable bonds is 8. The Bertz CT molecular complexity index is 219. The summed E-state index contributed by atoms with van der Waals surface area (Å²) in [6.45, 7) is 7.53. The molecule has 0 radical (unpaired) electrons. The Morgan fingerprint density at radius 2 is 2.17 bits per heavy atom. The molecule has 0 spiro atoms. The highest BCUT2D eigenvalue weighted by Gasteiger charge is 2.16. The minimum atomic E-state index is 0.0596. The van der Waals surface area contributed by atoms with Gasteiger partial charge in [0, 0.05) is 6.61 Å². The third-order valence-corrected chi connectivity index (χ3v) is 3.61. The molecule has 0 bridgehead atoms. The van der Waals surface area contributed by atoms with Gasteiger partial charge in [0.05, 0.1) is 6.10 Å². The molecule has 0 saturated carbocycles. The zero-order chi connectivity index (χ0) is 13.2. The molecule has 1 unspecified atom stereocenters. The summed E-state index contributed by atoms with van der Waals surface area (Å²) in [4.78, 5) is 0. The summed E-state index contributed by atoms with van der Waals surface area (Å²) in [5, 5.41) is 0. The Hall–Kier alpha value is -0.340. The van der Waals surface area contributed by atoms with Gasteiger partial charge >= 0.3 is 0 Å². The van der Waals surface area contributed by atoms with Gasteiger partial charge in [0.2, 0.25) is 0 Å². The maximum absolute atomic E-state index is 5.89. The molecule has 18 heavy (non-hydrogen) atoms. The van der Waals surface area contributed by atoms with E-state index in [9.17, 15) is 0 Å². The smallest absolute Gasteiger partial charge is 0.157 e. The van der Waals surface area contributed by atoms with Crippen LogP contribution in [0.25, 0.3) is 0 Å². The summed E-state index contributed by atoms with van der Waals surface area (Å²) in [6, 6.07) is 0. The van der Waals surface area contributed by atoms with Crippen LogP contribution in [0.5, 0.6) is 0 Å². The van der Waals surface area contributed by atoms with E-state index >= 15 is 0 Å². The summed E-state index contributed by atoms with van der Waals surface area (Å²) in [7, 11) is 0. The summed E-state index contributed by atoms with van der Waals surface area (Å²) < 4.78 is 11.5. The second kappa shape index (κ2) is 9.57. The van der Waals surface area contributed by atoms with E-state index < -0.39 is 0 Å². The number of allylic oxidation sites excluding steroid dienone is 2. The van der Waals surface area contributed by atoms with E-state index in [-0.39, 0.29) is 6.29 Å². The van der Waals surface area contributed by atoms with Crippen LogP contribution >= 0.6 is 0 Å². The van der Waals surface area contributed by atoms with Crippen LogP contribution in [0.2, 0.25) is 0 Å². The van der Waals surface area contributed by atoms with Gasteiger partial charge in [-0.2, -0.15) is 0 Å². The first kappa shape index (κ1) is 15.7. The van der Waals surface area contributed by atoms with Crippen molar-refractivity contribution in [3.05, 3.63) is 12.2 Å². The predicted octanol–water partition coefficient (Wildman–Crippen LogP) is 4.69. The second-order valence-electron chi connectivity index (χ2n) is 5.49. The van der Waals surface area contributed by atoms with Crippen LogP contribution in [-0.4, -0.2) is 19.0 Å². The summed E-state index contributed by atoms with van der Waals surface area (Å²) >= 11 is 0. The first-order chi connectivity index (χ1) is 8.72. The molecule has 3 atom stereocenters. The molecular formula is C16H30O2. The van der Waals surface area contributed by atoms with Crippen molar-refractivity contribution in [1.82, 2.24) is 0 Å². The van der Waals surface area contributed by atoms with Crippen LogP contribution in [-0.2, 0) is 9.47 Å². The van der Waals surface area contributed by atoms with Crippen LogP contribution in [0.1, 0.15) is 65.7 Å². The van der Waals surface area contributed by atoms with Gasteiger partial charge in [-0.3, -0.25) is 0 Å². The van der Waals surface area contributed by atoms with Crippen molar-refractivity contribution >= 4 is 0 Å². The molecule has 1 heterocycles. The number of unbranched alkanes of at least 4 members (excludes halogenated alkanes) is 1. The van der Waals surface area contributed by atoms with E-state index in [0.29, 0.717) is 12.0 Å². The largest absolute Gasteiger partial charge is 0.353 e. The fourth-order valence-electron chi connectivity index (χ4n) is 2.13. The topological polar surface area (TPSA) is 18.5 Å². The van der Waals surface area contributed by atoms with Crippen molar-refractivity contribution in [2.24, 2.45) is 5.92 Å². The summed E-state index contributed by atoms with van der Waals surface area (Å²) in [5.41, 5.74) is 0. The molecule has 1 aliphatic rings. The summed E-state index contributed by atoms with van der Waals surface area (Å²) in [6.07, 6.45) is 13.3. The molecule has 0 aliphatic carbocycles. The van der Waals surface area contributed by atoms with Crippen molar-refractivity contribution in [2.45, 2.75) is 78.1 Å². The first-order valence-electron chi connectivity index (χ1n) is 7.66. The molecule has 1 saturated heterocycles. The van der Waals surface area contributed by atoms with E-state index in [1.165, 1.54) is 32.1 Å². The normalized spacial score (nSPS) is 24.3. The van der Waals surface area contributed by atoms with Crippen LogP contribution in [0.4, 0.5) is 0 Å². The maximum atomic E-state index is 5.89. The van der Waals surface area contributed by atoms with Gasteiger partial charge in [0.1, 0.15) is 0 Å². The van der Waals surface area contributed by atoms with Crippen LogP contribution in [0, 0.1) is 5.92 Å². The highest BCUT2D eigenvalue weighted by molar-refractivity contribution is 4.85. The van der Waals surface area contributed by atoms with Crippen molar-refractivity contribution in [1.29, 1.82) is 0 Å². The van der Waals surface area contributed by atoms with Gasteiger partial charge in [-0.25, -0.2) is 0 Å². The Morgan fingerprint density at radius 3 is 2.83 bits per heavy atom. The molecule has 0 aromatic rings. The molecule has 1 rings (SSSR count). The SMILES string of the molecule is CC[C@@H](C)/C=C/CCC[C@@H](C)OC1CCCCO1. The standard InChI is InChI=1S/C16H30O2/c1-4-14(2)10-6-5-7-11-15(3)18-16-12-8-9-13-17-16/h6,10,14-16H,4-5,7-9,11-13H2,1-3H3/b10-6+/t14-,15-,16?/m1/s1. The third kappa shape index (κ3) is 7.17. The highest BCUT2D eigenvalue weighted by atomic mass is 16.7. The van der Waals surface area contributed by atoms with Gasteiger partial charge in [-0.15, -0.1) is 0 Å². The van der Waals surface area contributed by atoms with Crippen LogP contribution in [0.15, 0.2) is 12.2 Å². The fraction of sp³-hybridized carbons (Fsp3) is 0.875. The summed E-state index contributed by atoms with van der Waals surface area (Å²) in [5.74, 6) is 0.717. The Kier molecular flexibility index (Phi) is 8.36. The zero-order valence-electron chi connectivity index (χ0n) is 12.4. The van der Waals surface area contributed by atoms with E-state index in [1.807, 2.05) is 0 Å². The van der Waals surface area contributed by atoms with E-state index in [4.69, 9.17) is 9.47 Å². The van der Waals surface area contributed by atoms with Gasteiger partial charge in [0.25, 0.3) is 0 Å². The predicted molar refractivity (Wildman–Crippen MR) is 76.6 cm³/mol. The minimum Gasteiger partial charge on any atom is -0.353 e. The lowest BCUT2D eigenvalue weighted by Crippen LogP contribution is -2.26. The molecule has 106 valence electrons. The van der Waals surface area contributed by atoms with Crippen molar-refractivity contribution in [3.8, 4) is 0 Å². The van der Waals surface area contributed by atoms with E-state index in [0.717, 1.165) is 19.4 Å². The molecule has 0 aromatic carbocycles. The van der Waals surface area contributed by atoms with Gasteiger partial charge in [-0.1, -0.05) is 32.4 Å². The molecular weight excluding hydrogens is 224 g/mol. The van der Waals surface area contributed by atoms with Crippen molar-refractivity contribution in [2.75, 3.05) is 6.61 Å². The lowest BCUT2D eigenvalue weighted by atomic mass is 10.1. The van der Waals surface area contributed by atoms with Gasteiger partial charge in [-0.05, 0) is 51.4 Å². The third-order valence-electron chi connectivity index (χ3n) is 3.61. The minimum absolute atomic E-state index is 0.0596. The number of ether oxygens (including phenoxy) is 2. The Morgan fingerprint density at radius 1 is 1.33 bits per heavy atom. The van der Waals surface area contributed by atoms with Crippen molar-refractivity contribution in [3.63, 3.8) is 0 Å². The van der Waals surface area contributed by atoms with Gasteiger partial charge < -0.3 is 9.47 Å². The molecule has 0 aromatic heterocycles. The molecule has 1 fully saturated rings. The molecule has 0 N–H and O–H groups in total. The molecule has 2 heteroatoms. The number of hydrogen-bond acceptors (Lipinski definition) is 2. The van der Waals surface area contributed by atoms with Crippen LogP contribution in [0.3, 0.4) is 0 Å². The molecule has 2 nitrogen and oxygen atoms in total. The molecule has 0 amide bonds. The van der Waals surface area contributed by atoms with E-state index in [1.54, 1.807) is 0 Å². The lowest BCUT2D eigenvalue weighted by molar-refractivity contribution is -0.185. The van der Waals surface area contributed by atoms with Crippen molar-refractivity contribution < 1.29 is 9.47 Å². The first-order valence-corrected chi connectivity index (χ1v) is 7.66. The zero-order valence-corrected chi connectivity index (χ0v) is 12.4. The number of hydrogen-bond donors (Lipinski definition) is 0. The monoisotopic (exact) mass is 254 g/mol. The lowest BCUT2D eigenvalue weighted by Gasteiger charge is -2.26. The van der Waals surface area contributed by atoms with E-state index in [2.05, 4.69) is 32.9 Å². The maximum Gasteiger partial charge on any atom is 0.157 e. The molecule has 1 aliphatic heterocycles.